The highest BCUT2D eigenvalue weighted by Crippen LogP contribution is 2.22. The first-order chi connectivity index (χ1) is 11.3. The largest absolute Gasteiger partial charge is 0.442 e. The first-order valence-electron chi connectivity index (χ1n) is 7.38. The number of ether oxygens (including phenoxy) is 1. The monoisotopic (exact) mass is 310 g/mol. The average Bonchev–Trinajstić information content (AvgIpc) is 3.27. The van der Waals surface area contributed by atoms with E-state index in [4.69, 9.17) is 9.15 Å². The van der Waals surface area contributed by atoms with E-state index in [0.29, 0.717) is 23.9 Å². The third-order valence-corrected chi connectivity index (χ3v) is 3.73. The number of hydrogen-bond acceptors (Lipinski definition) is 6. The fraction of sp³-hybridized carbons (Fsp3) is 0.250. The van der Waals surface area contributed by atoms with Crippen LogP contribution in [0, 0.1) is 0 Å². The summed E-state index contributed by atoms with van der Waals surface area (Å²) in [6, 6.07) is 5.48. The van der Waals surface area contributed by atoms with Crippen LogP contribution in [0.4, 0.5) is 5.82 Å². The van der Waals surface area contributed by atoms with Crippen LogP contribution in [-0.2, 0) is 9.53 Å². The number of anilines is 1. The van der Waals surface area contributed by atoms with Crippen molar-refractivity contribution in [2.75, 3.05) is 11.9 Å². The second-order valence-corrected chi connectivity index (χ2v) is 5.32. The number of pyridine rings is 2. The van der Waals surface area contributed by atoms with Gasteiger partial charge in [0, 0.05) is 24.3 Å². The van der Waals surface area contributed by atoms with Crippen molar-refractivity contribution in [2.45, 2.75) is 18.9 Å². The minimum absolute atomic E-state index is 0.166. The van der Waals surface area contributed by atoms with Crippen LogP contribution in [0.2, 0.25) is 0 Å². The lowest BCUT2D eigenvalue weighted by Crippen LogP contribution is -2.27. The second-order valence-electron chi connectivity index (χ2n) is 5.32. The molecule has 1 N–H and O–H groups in total. The molecule has 1 fully saturated rings. The zero-order chi connectivity index (χ0) is 15.6. The highest BCUT2D eigenvalue weighted by molar-refractivity contribution is 5.95. The lowest BCUT2D eigenvalue weighted by Gasteiger charge is -2.10. The molecule has 3 aromatic rings. The molecule has 116 valence electrons. The number of nitrogens with zero attached hydrogens (tertiary/aromatic N) is 3. The fourth-order valence-corrected chi connectivity index (χ4v) is 2.56. The third kappa shape index (κ3) is 2.78. The van der Waals surface area contributed by atoms with Crippen molar-refractivity contribution >= 4 is 22.6 Å². The van der Waals surface area contributed by atoms with Gasteiger partial charge in [-0.3, -0.25) is 4.79 Å². The Hall–Kier alpha value is -2.80. The number of hydrogen-bond donors (Lipinski definition) is 1. The molecule has 0 spiro atoms. The SMILES string of the molecule is O=C(Nc1cc2nc(-c3cnco3)ccc2cn1)C1CCCO1. The van der Waals surface area contributed by atoms with Crippen LogP contribution < -0.4 is 5.32 Å². The van der Waals surface area contributed by atoms with Crippen molar-refractivity contribution in [2.24, 2.45) is 0 Å². The van der Waals surface area contributed by atoms with E-state index in [0.717, 1.165) is 23.7 Å². The Morgan fingerprint density at radius 3 is 3.04 bits per heavy atom. The molecular formula is C16H14N4O3. The minimum Gasteiger partial charge on any atom is -0.442 e. The molecular weight excluding hydrogens is 296 g/mol. The van der Waals surface area contributed by atoms with Crippen molar-refractivity contribution in [1.82, 2.24) is 15.0 Å². The number of carbonyl (C=O) groups is 1. The maximum absolute atomic E-state index is 12.1. The van der Waals surface area contributed by atoms with Gasteiger partial charge < -0.3 is 14.5 Å². The number of fused-ring (bicyclic) bond motifs is 1. The molecule has 7 nitrogen and oxygen atoms in total. The first kappa shape index (κ1) is 13.8. The van der Waals surface area contributed by atoms with Crippen LogP contribution in [0.5, 0.6) is 0 Å². The van der Waals surface area contributed by atoms with Crippen LogP contribution in [0.3, 0.4) is 0 Å². The van der Waals surface area contributed by atoms with E-state index in [1.807, 2.05) is 12.1 Å². The Morgan fingerprint density at radius 1 is 1.30 bits per heavy atom. The molecule has 3 aromatic heterocycles. The molecule has 1 aliphatic rings. The van der Waals surface area contributed by atoms with Crippen molar-refractivity contribution in [3.8, 4) is 11.5 Å². The number of carbonyl (C=O) groups excluding carboxylic acids is 1. The van der Waals surface area contributed by atoms with E-state index in [1.165, 1.54) is 6.39 Å². The van der Waals surface area contributed by atoms with Gasteiger partial charge in [0.05, 0.1) is 11.7 Å². The number of aromatic nitrogens is 3. The summed E-state index contributed by atoms with van der Waals surface area (Å²) in [6.07, 6.45) is 5.91. The Morgan fingerprint density at radius 2 is 2.26 bits per heavy atom. The average molecular weight is 310 g/mol. The lowest BCUT2D eigenvalue weighted by atomic mass is 10.2. The standard InChI is InChI=1S/C16H14N4O3/c21-16(13-2-1-5-22-13)20-15-6-12-10(7-18-15)3-4-11(19-12)14-8-17-9-23-14/h3-4,6-9,13H,1-2,5H2,(H,18,20,21). The van der Waals surface area contributed by atoms with E-state index < -0.39 is 0 Å². The highest BCUT2D eigenvalue weighted by Gasteiger charge is 2.23. The van der Waals surface area contributed by atoms with Gasteiger partial charge in [-0.15, -0.1) is 0 Å². The molecule has 0 aromatic carbocycles. The van der Waals surface area contributed by atoms with E-state index in [2.05, 4.69) is 20.3 Å². The summed E-state index contributed by atoms with van der Waals surface area (Å²) in [7, 11) is 0. The first-order valence-corrected chi connectivity index (χ1v) is 7.38. The molecule has 0 saturated carbocycles. The van der Waals surface area contributed by atoms with Gasteiger partial charge in [0.25, 0.3) is 5.91 Å². The van der Waals surface area contributed by atoms with Crippen LogP contribution in [0.1, 0.15) is 12.8 Å². The zero-order valence-corrected chi connectivity index (χ0v) is 12.2. The molecule has 7 heteroatoms. The van der Waals surface area contributed by atoms with E-state index >= 15 is 0 Å². The van der Waals surface area contributed by atoms with Gasteiger partial charge in [-0.25, -0.2) is 15.0 Å². The fourth-order valence-electron chi connectivity index (χ4n) is 2.56. The van der Waals surface area contributed by atoms with Crippen molar-refractivity contribution in [1.29, 1.82) is 0 Å². The molecule has 1 saturated heterocycles. The van der Waals surface area contributed by atoms with E-state index in [1.54, 1.807) is 18.5 Å². The number of oxazole rings is 1. The zero-order valence-electron chi connectivity index (χ0n) is 12.2. The number of amides is 1. The van der Waals surface area contributed by atoms with Gasteiger partial charge in [0.15, 0.2) is 12.2 Å². The molecule has 1 aliphatic heterocycles. The van der Waals surface area contributed by atoms with Gasteiger partial charge in [0.2, 0.25) is 0 Å². The molecule has 0 radical (unpaired) electrons. The van der Waals surface area contributed by atoms with Crippen molar-refractivity contribution in [3.05, 3.63) is 37.0 Å². The maximum Gasteiger partial charge on any atom is 0.254 e. The molecule has 4 heterocycles. The normalized spacial score (nSPS) is 17.5. The van der Waals surface area contributed by atoms with Gasteiger partial charge in [-0.1, -0.05) is 0 Å². The summed E-state index contributed by atoms with van der Waals surface area (Å²) in [5.74, 6) is 0.884. The summed E-state index contributed by atoms with van der Waals surface area (Å²) in [5, 5.41) is 3.66. The Kier molecular flexibility index (Phi) is 3.47. The number of nitrogens with one attached hydrogen (secondary N) is 1. The quantitative estimate of drug-likeness (QED) is 0.799. The minimum atomic E-state index is -0.388. The Labute approximate surface area is 131 Å². The number of rotatable bonds is 3. The molecule has 4 rings (SSSR count). The molecule has 0 aliphatic carbocycles. The van der Waals surface area contributed by atoms with Crippen LogP contribution >= 0.6 is 0 Å². The highest BCUT2D eigenvalue weighted by atomic mass is 16.5. The van der Waals surface area contributed by atoms with Gasteiger partial charge in [-0.05, 0) is 25.0 Å². The van der Waals surface area contributed by atoms with Crippen molar-refractivity contribution < 1.29 is 13.9 Å². The Bertz CT molecular complexity index is 842. The topological polar surface area (TPSA) is 90.1 Å². The Balaban J connectivity index is 1.62. The smallest absolute Gasteiger partial charge is 0.254 e. The van der Waals surface area contributed by atoms with Gasteiger partial charge >= 0.3 is 0 Å². The predicted octanol–water partition coefficient (Wildman–Crippen LogP) is 2.40. The third-order valence-electron chi connectivity index (χ3n) is 3.73. The molecule has 0 bridgehead atoms. The van der Waals surface area contributed by atoms with Crippen LogP contribution in [0.15, 0.2) is 41.4 Å². The molecule has 1 unspecified atom stereocenters. The lowest BCUT2D eigenvalue weighted by molar-refractivity contribution is -0.124. The van der Waals surface area contributed by atoms with Crippen LogP contribution in [-0.4, -0.2) is 33.6 Å². The van der Waals surface area contributed by atoms with Gasteiger partial charge in [0.1, 0.15) is 17.6 Å². The van der Waals surface area contributed by atoms with E-state index in [9.17, 15) is 4.79 Å². The molecule has 1 amide bonds. The summed E-state index contributed by atoms with van der Waals surface area (Å²) in [5.41, 5.74) is 1.40. The summed E-state index contributed by atoms with van der Waals surface area (Å²) in [4.78, 5) is 24.7. The van der Waals surface area contributed by atoms with E-state index in [-0.39, 0.29) is 12.0 Å². The molecule has 1 atom stereocenters. The van der Waals surface area contributed by atoms with Gasteiger partial charge in [-0.2, -0.15) is 0 Å². The summed E-state index contributed by atoms with van der Waals surface area (Å²) in [6.45, 7) is 0.630. The summed E-state index contributed by atoms with van der Waals surface area (Å²) >= 11 is 0. The van der Waals surface area contributed by atoms with Crippen LogP contribution in [0.25, 0.3) is 22.4 Å². The predicted molar refractivity (Wildman–Crippen MR) is 82.6 cm³/mol. The molecule has 23 heavy (non-hydrogen) atoms. The summed E-state index contributed by atoms with van der Waals surface area (Å²) < 4.78 is 10.6. The second kappa shape index (κ2) is 5.77. The maximum atomic E-state index is 12.1. The van der Waals surface area contributed by atoms with Crippen molar-refractivity contribution in [3.63, 3.8) is 0 Å².